The summed E-state index contributed by atoms with van der Waals surface area (Å²) in [6.45, 7) is 0. The first-order valence-electron chi connectivity index (χ1n) is 7.69. The third kappa shape index (κ3) is 3.05. The monoisotopic (exact) mass is 355 g/mol. The molecule has 1 aromatic carbocycles. The molecule has 1 saturated carbocycles. The normalized spacial score (nSPS) is 13.7. The first kappa shape index (κ1) is 15.3. The molecule has 0 saturated heterocycles. The lowest BCUT2D eigenvalue weighted by Gasteiger charge is -2.06. The third-order valence-corrected chi connectivity index (χ3v) is 5.00. The second-order valence-electron chi connectivity index (χ2n) is 5.76. The summed E-state index contributed by atoms with van der Waals surface area (Å²) in [7, 11) is 0. The predicted molar refractivity (Wildman–Crippen MR) is 96.7 cm³/mol. The topological polar surface area (TPSA) is 54.9 Å². The molecule has 0 unspecified atom stereocenters. The van der Waals surface area contributed by atoms with Crippen molar-refractivity contribution in [1.82, 2.24) is 9.36 Å². The van der Waals surface area contributed by atoms with Crippen LogP contribution in [-0.2, 0) is 0 Å². The molecule has 1 amide bonds. The number of rotatable bonds is 4. The van der Waals surface area contributed by atoms with Gasteiger partial charge in [0.05, 0.1) is 22.6 Å². The molecule has 0 spiro atoms. The summed E-state index contributed by atoms with van der Waals surface area (Å²) in [6, 6.07) is 11.7. The number of nitrogens with one attached hydrogen (secondary N) is 1. The lowest BCUT2D eigenvalue weighted by Crippen LogP contribution is -2.12. The van der Waals surface area contributed by atoms with Crippen molar-refractivity contribution >= 4 is 34.7 Å². The van der Waals surface area contributed by atoms with E-state index in [4.69, 9.17) is 11.6 Å². The van der Waals surface area contributed by atoms with Gasteiger partial charge >= 0.3 is 0 Å². The van der Waals surface area contributed by atoms with Gasteiger partial charge in [0.25, 0.3) is 5.91 Å². The number of halogens is 1. The number of anilines is 1. The van der Waals surface area contributed by atoms with Crippen LogP contribution in [0.3, 0.4) is 0 Å². The van der Waals surface area contributed by atoms with Crippen molar-refractivity contribution in [2.45, 2.75) is 18.8 Å². The molecule has 6 heteroatoms. The van der Waals surface area contributed by atoms with Crippen LogP contribution in [0, 0.1) is 0 Å². The number of hydrogen-bond donors (Lipinski definition) is 1. The van der Waals surface area contributed by atoms with Gasteiger partial charge in [-0.1, -0.05) is 41.9 Å². The number of pyridine rings is 1. The molecule has 4 nitrogen and oxygen atoms in total. The Kier molecular flexibility index (Phi) is 4.04. The van der Waals surface area contributed by atoms with E-state index in [0.29, 0.717) is 21.5 Å². The molecule has 2 aromatic heterocycles. The van der Waals surface area contributed by atoms with E-state index in [1.165, 1.54) is 17.7 Å². The second kappa shape index (κ2) is 6.34. The molecule has 0 radical (unpaired) electrons. The Morgan fingerprint density at radius 2 is 2.00 bits per heavy atom. The van der Waals surface area contributed by atoms with Gasteiger partial charge in [0, 0.05) is 17.3 Å². The molecule has 2 heterocycles. The van der Waals surface area contributed by atoms with Gasteiger partial charge < -0.3 is 5.32 Å². The van der Waals surface area contributed by atoms with Gasteiger partial charge in [-0.25, -0.2) is 0 Å². The first-order valence-corrected chi connectivity index (χ1v) is 8.84. The summed E-state index contributed by atoms with van der Waals surface area (Å²) >= 11 is 7.18. The maximum atomic E-state index is 12.7. The van der Waals surface area contributed by atoms with E-state index in [0.717, 1.165) is 29.7 Å². The van der Waals surface area contributed by atoms with Crippen molar-refractivity contribution < 1.29 is 4.79 Å². The van der Waals surface area contributed by atoms with Gasteiger partial charge in [-0.3, -0.25) is 9.78 Å². The maximum Gasteiger partial charge on any atom is 0.267 e. The minimum absolute atomic E-state index is 0.152. The van der Waals surface area contributed by atoms with Gasteiger partial charge in [-0.05, 0) is 36.4 Å². The average Bonchev–Trinajstić information content (AvgIpc) is 3.33. The Morgan fingerprint density at radius 3 is 2.71 bits per heavy atom. The molecule has 1 aliphatic rings. The van der Waals surface area contributed by atoms with Crippen molar-refractivity contribution in [1.29, 1.82) is 0 Å². The lowest BCUT2D eigenvalue weighted by atomic mass is 10.0. The Labute approximate surface area is 148 Å². The molecule has 1 aliphatic carbocycles. The summed E-state index contributed by atoms with van der Waals surface area (Å²) < 4.78 is 4.57. The van der Waals surface area contributed by atoms with Crippen LogP contribution < -0.4 is 5.32 Å². The SMILES string of the molecule is O=C(Nc1cncc(Cl)c1)c1snc(-c2ccccc2)c1C1CC1. The second-order valence-corrected chi connectivity index (χ2v) is 6.97. The number of hydrogen-bond acceptors (Lipinski definition) is 4. The molecular formula is C18H14ClN3OS. The number of amides is 1. The molecule has 1 fully saturated rings. The predicted octanol–water partition coefficient (Wildman–Crippen LogP) is 4.99. The fraction of sp³-hybridized carbons (Fsp3) is 0.167. The summed E-state index contributed by atoms with van der Waals surface area (Å²) in [5, 5.41) is 3.36. The van der Waals surface area contributed by atoms with Gasteiger partial charge in [0.15, 0.2) is 0 Å². The fourth-order valence-electron chi connectivity index (χ4n) is 2.68. The van der Waals surface area contributed by atoms with Crippen LogP contribution in [0.4, 0.5) is 5.69 Å². The van der Waals surface area contributed by atoms with Gasteiger partial charge in [0.1, 0.15) is 4.88 Å². The van der Waals surface area contributed by atoms with Gasteiger partial charge in [-0.15, -0.1) is 0 Å². The molecule has 3 aromatic rings. The molecule has 0 atom stereocenters. The van der Waals surface area contributed by atoms with E-state index in [1.54, 1.807) is 12.3 Å². The van der Waals surface area contributed by atoms with E-state index in [2.05, 4.69) is 14.7 Å². The zero-order chi connectivity index (χ0) is 16.5. The van der Waals surface area contributed by atoms with Crippen LogP contribution in [-0.4, -0.2) is 15.3 Å². The van der Waals surface area contributed by atoms with Crippen LogP contribution in [0.15, 0.2) is 48.8 Å². The quantitative estimate of drug-likeness (QED) is 0.717. The Hall–Kier alpha value is -2.24. The van der Waals surface area contributed by atoms with E-state index in [1.807, 2.05) is 30.3 Å². The summed E-state index contributed by atoms with van der Waals surface area (Å²) in [5.74, 6) is 0.276. The summed E-state index contributed by atoms with van der Waals surface area (Å²) in [6.07, 6.45) is 5.33. The number of benzene rings is 1. The molecule has 1 N–H and O–H groups in total. The zero-order valence-corrected chi connectivity index (χ0v) is 14.3. The Morgan fingerprint density at radius 1 is 1.21 bits per heavy atom. The standard InChI is InChI=1S/C18H14ClN3OS/c19-13-8-14(10-20-9-13)21-18(23)17-15(11-6-7-11)16(22-24-17)12-4-2-1-3-5-12/h1-5,8-11H,6-7H2,(H,21,23). The molecule has 120 valence electrons. The highest BCUT2D eigenvalue weighted by Gasteiger charge is 2.33. The highest BCUT2D eigenvalue weighted by Crippen LogP contribution is 2.47. The Bertz CT molecular complexity index is 890. The van der Waals surface area contributed by atoms with Crippen LogP contribution in [0.5, 0.6) is 0 Å². The summed E-state index contributed by atoms with van der Waals surface area (Å²) in [5.41, 5.74) is 3.64. The number of carbonyl (C=O) groups is 1. The lowest BCUT2D eigenvalue weighted by molar-refractivity contribution is 0.102. The minimum atomic E-state index is -0.152. The smallest absolute Gasteiger partial charge is 0.267 e. The van der Waals surface area contributed by atoms with Crippen molar-refractivity contribution in [3.05, 3.63) is 64.3 Å². The van der Waals surface area contributed by atoms with Crippen LogP contribution in [0.2, 0.25) is 5.02 Å². The minimum Gasteiger partial charge on any atom is -0.320 e. The zero-order valence-electron chi connectivity index (χ0n) is 12.7. The average molecular weight is 356 g/mol. The van der Waals surface area contributed by atoms with E-state index in [9.17, 15) is 4.79 Å². The van der Waals surface area contributed by atoms with E-state index >= 15 is 0 Å². The highest BCUT2D eigenvalue weighted by atomic mass is 35.5. The van der Waals surface area contributed by atoms with Crippen LogP contribution in [0.25, 0.3) is 11.3 Å². The first-order chi connectivity index (χ1) is 11.7. The fourth-order valence-corrected chi connectivity index (χ4v) is 3.74. The van der Waals surface area contributed by atoms with E-state index < -0.39 is 0 Å². The molecule has 0 aliphatic heterocycles. The molecule has 4 rings (SSSR count). The van der Waals surface area contributed by atoms with Crippen LogP contribution in [0.1, 0.15) is 34.0 Å². The van der Waals surface area contributed by atoms with Crippen molar-refractivity contribution in [3.8, 4) is 11.3 Å². The molecular weight excluding hydrogens is 342 g/mol. The van der Waals surface area contributed by atoms with Crippen molar-refractivity contribution in [3.63, 3.8) is 0 Å². The maximum absolute atomic E-state index is 12.7. The summed E-state index contributed by atoms with van der Waals surface area (Å²) in [4.78, 5) is 17.4. The highest BCUT2D eigenvalue weighted by molar-refractivity contribution is 7.08. The largest absolute Gasteiger partial charge is 0.320 e. The Balaban J connectivity index is 1.68. The molecule has 0 bridgehead atoms. The van der Waals surface area contributed by atoms with Gasteiger partial charge in [-0.2, -0.15) is 4.37 Å². The molecule has 24 heavy (non-hydrogen) atoms. The third-order valence-electron chi connectivity index (χ3n) is 3.93. The number of carbonyl (C=O) groups excluding carboxylic acids is 1. The van der Waals surface area contributed by atoms with E-state index in [-0.39, 0.29) is 5.91 Å². The van der Waals surface area contributed by atoms with Gasteiger partial charge in [0.2, 0.25) is 0 Å². The number of nitrogens with zero attached hydrogens (tertiary/aromatic N) is 2. The van der Waals surface area contributed by atoms with Crippen molar-refractivity contribution in [2.24, 2.45) is 0 Å². The van der Waals surface area contributed by atoms with Crippen LogP contribution >= 0.6 is 23.1 Å². The number of aromatic nitrogens is 2. The van der Waals surface area contributed by atoms with Crippen molar-refractivity contribution in [2.75, 3.05) is 5.32 Å².